The van der Waals surface area contributed by atoms with Crippen LogP contribution in [0.5, 0.6) is 5.75 Å². The summed E-state index contributed by atoms with van der Waals surface area (Å²) in [7, 11) is 0. The quantitative estimate of drug-likeness (QED) is 0.851. The zero-order chi connectivity index (χ0) is 13.2. The van der Waals surface area contributed by atoms with Crippen LogP contribution in [0.3, 0.4) is 0 Å². The van der Waals surface area contributed by atoms with E-state index < -0.39 is 0 Å². The summed E-state index contributed by atoms with van der Waals surface area (Å²) in [5.41, 5.74) is 3.67. The van der Waals surface area contributed by atoms with Gasteiger partial charge in [0.05, 0.1) is 0 Å². The largest absolute Gasteiger partial charge is 0.508 e. The number of phenols is 1. The molecule has 0 spiro atoms. The van der Waals surface area contributed by atoms with Crippen molar-refractivity contribution >= 4 is 0 Å². The molecule has 94 valence electrons. The van der Waals surface area contributed by atoms with Crippen LogP contribution in [0.15, 0.2) is 48.5 Å². The summed E-state index contributed by atoms with van der Waals surface area (Å²) in [5.74, 6) is 0.388. The molecule has 2 aromatic carbocycles. The number of rotatable bonds is 3. The van der Waals surface area contributed by atoms with Gasteiger partial charge in [0.25, 0.3) is 0 Å². The molecule has 0 aliphatic rings. The van der Waals surface area contributed by atoms with Crippen molar-refractivity contribution < 1.29 is 5.11 Å². The van der Waals surface area contributed by atoms with Gasteiger partial charge >= 0.3 is 0 Å². The molecule has 0 saturated carbocycles. The minimum absolute atomic E-state index is 0.0180. The second kappa shape index (κ2) is 4.85. The van der Waals surface area contributed by atoms with Crippen molar-refractivity contribution in [3.05, 3.63) is 65.2 Å². The Bertz CT molecular complexity index is 541. The van der Waals surface area contributed by atoms with Gasteiger partial charge in [-0.15, -0.1) is 0 Å². The predicted molar refractivity (Wildman–Crippen MR) is 76.0 cm³/mol. The van der Waals surface area contributed by atoms with Gasteiger partial charge in [-0.2, -0.15) is 0 Å². The second-order valence-electron chi connectivity index (χ2n) is 5.50. The van der Waals surface area contributed by atoms with E-state index in [2.05, 4.69) is 45.0 Å². The van der Waals surface area contributed by atoms with E-state index in [1.54, 1.807) is 6.07 Å². The van der Waals surface area contributed by atoms with Crippen molar-refractivity contribution in [1.29, 1.82) is 0 Å². The van der Waals surface area contributed by atoms with Gasteiger partial charge in [0, 0.05) is 0 Å². The molecular formula is C17H20O. The predicted octanol–water partition coefficient (Wildman–Crippen LogP) is 4.22. The van der Waals surface area contributed by atoms with E-state index in [1.807, 2.05) is 18.2 Å². The summed E-state index contributed by atoms with van der Waals surface area (Å²) >= 11 is 0. The standard InChI is InChI=1S/C17H20O/c1-13-8-4-6-10-15(13)17(2,3)12-14-9-5-7-11-16(14)18/h4-11,18H,12H2,1-3H3. The second-order valence-corrected chi connectivity index (χ2v) is 5.50. The maximum atomic E-state index is 9.89. The van der Waals surface area contributed by atoms with Crippen LogP contribution in [0.1, 0.15) is 30.5 Å². The van der Waals surface area contributed by atoms with Gasteiger partial charge in [0.2, 0.25) is 0 Å². The molecule has 0 saturated heterocycles. The summed E-state index contributed by atoms with van der Waals surface area (Å²) in [6.07, 6.45) is 0.838. The summed E-state index contributed by atoms with van der Waals surface area (Å²) in [5, 5.41) is 9.89. The molecule has 1 nitrogen and oxygen atoms in total. The van der Waals surface area contributed by atoms with Crippen LogP contribution >= 0.6 is 0 Å². The number of hydrogen-bond donors (Lipinski definition) is 1. The first-order chi connectivity index (χ1) is 8.50. The molecule has 0 aromatic heterocycles. The lowest BCUT2D eigenvalue weighted by Gasteiger charge is -2.27. The first-order valence-corrected chi connectivity index (χ1v) is 6.34. The van der Waals surface area contributed by atoms with Gasteiger partial charge in [-0.1, -0.05) is 56.3 Å². The molecule has 2 rings (SSSR count). The molecule has 0 atom stereocenters. The minimum Gasteiger partial charge on any atom is -0.508 e. The Kier molecular flexibility index (Phi) is 3.42. The monoisotopic (exact) mass is 240 g/mol. The van der Waals surface area contributed by atoms with Crippen LogP contribution in [-0.4, -0.2) is 5.11 Å². The molecule has 0 aliphatic carbocycles. The van der Waals surface area contributed by atoms with Crippen LogP contribution in [-0.2, 0) is 11.8 Å². The zero-order valence-corrected chi connectivity index (χ0v) is 11.3. The Morgan fingerprint density at radius 2 is 1.56 bits per heavy atom. The Labute approximate surface area is 109 Å². The highest BCUT2D eigenvalue weighted by molar-refractivity contribution is 5.38. The van der Waals surface area contributed by atoms with Gasteiger partial charge < -0.3 is 5.11 Å². The number of hydrogen-bond acceptors (Lipinski definition) is 1. The van der Waals surface area contributed by atoms with Crippen molar-refractivity contribution in [2.24, 2.45) is 0 Å². The average Bonchev–Trinajstić information content (AvgIpc) is 2.32. The molecule has 0 unspecified atom stereocenters. The highest BCUT2D eigenvalue weighted by Gasteiger charge is 2.23. The molecular weight excluding hydrogens is 220 g/mol. The molecule has 0 aliphatic heterocycles. The molecule has 2 aromatic rings. The number of benzene rings is 2. The van der Waals surface area contributed by atoms with E-state index in [9.17, 15) is 5.11 Å². The fourth-order valence-corrected chi connectivity index (χ4v) is 2.56. The van der Waals surface area contributed by atoms with Crippen molar-refractivity contribution in [2.45, 2.75) is 32.6 Å². The van der Waals surface area contributed by atoms with Gasteiger partial charge in [-0.05, 0) is 41.5 Å². The molecule has 0 amide bonds. The highest BCUT2D eigenvalue weighted by Crippen LogP contribution is 2.32. The first kappa shape index (κ1) is 12.7. The molecule has 0 heterocycles. The first-order valence-electron chi connectivity index (χ1n) is 6.34. The maximum absolute atomic E-state index is 9.89. The van der Waals surface area contributed by atoms with Gasteiger partial charge in [-0.3, -0.25) is 0 Å². The number of para-hydroxylation sites is 1. The topological polar surface area (TPSA) is 20.2 Å². The third-order valence-electron chi connectivity index (χ3n) is 3.50. The zero-order valence-electron chi connectivity index (χ0n) is 11.3. The fourth-order valence-electron chi connectivity index (χ4n) is 2.56. The van der Waals surface area contributed by atoms with E-state index in [0.717, 1.165) is 12.0 Å². The molecule has 18 heavy (non-hydrogen) atoms. The minimum atomic E-state index is 0.0180. The lowest BCUT2D eigenvalue weighted by molar-refractivity contribution is 0.450. The molecule has 0 radical (unpaired) electrons. The van der Waals surface area contributed by atoms with Gasteiger partial charge in [-0.25, -0.2) is 0 Å². The number of aryl methyl sites for hydroxylation is 1. The third-order valence-corrected chi connectivity index (χ3v) is 3.50. The van der Waals surface area contributed by atoms with Crippen LogP contribution < -0.4 is 0 Å². The van der Waals surface area contributed by atoms with E-state index in [0.29, 0.717) is 5.75 Å². The van der Waals surface area contributed by atoms with Crippen LogP contribution in [0, 0.1) is 6.92 Å². The fraction of sp³-hybridized carbons (Fsp3) is 0.294. The Balaban J connectivity index is 2.33. The molecule has 0 bridgehead atoms. The molecule has 1 heteroatoms. The van der Waals surface area contributed by atoms with Crippen molar-refractivity contribution in [1.82, 2.24) is 0 Å². The summed E-state index contributed by atoms with van der Waals surface area (Å²) < 4.78 is 0. The summed E-state index contributed by atoms with van der Waals surface area (Å²) in [6.45, 7) is 6.59. The lowest BCUT2D eigenvalue weighted by Crippen LogP contribution is -2.21. The average molecular weight is 240 g/mol. The lowest BCUT2D eigenvalue weighted by atomic mass is 9.77. The summed E-state index contributed by atoms with van der Waals surface area (Å²) in [6, 6.07) is 16.0. The van der Waals surface area contributed by atoms with Crippen LogP contribution in [0.25, 0.3) is 0 Å². The highest BCUT2D eigenvalue weighted by atomic mass is 16.3. The van der Waals surface area contributed by atoms with Gasteiger partial charge in [0.15, 0.2) is 0 Å². The van der Waals surface area contributed by atoms with Gasteiger partial charge in [0.1, 0.15) is 5.75 Å². The number of phenolic OH excluding ortho intramolecular Hbond substituents is 1. The summed E-state index contributed by atoms with van der Waals surface area (Å²) in [4.78, 5) is 0. The Morgan fingerprint density at radius 3 is 2.22 bits per heavy atom. The van der Waals surface area contributed by atoms with Crippen LogP contribution in [0.2, 0.25) is 0 Å². The SMILES string of the molecule is Cc1ccccc1C(C)(C)Cc1ccccc1O. The maximum Gasteiger partial charge on any atom is 0.118 e. The van der Waals surface area contributed by atoms with Crippen molar-refractivity contribution in [3.63, 3.8) is 0 Å². The Morgan fingerprint density at radius 1 is 0.944 bits per heavy atom. The van der Waals surface area contributed by atoms with Crippen molar-refractivity contribution in [2.75, 3.05) is 0 Å². The normalized spacial score (nSPS) is 11.5. The Hall–Kier alpha value is -1.76. The smallest absolute Gasteiger partial charge is 0.118 e. The van der Waals surface area contributed by atoms with Crippen LogP contribution in [0.4, 0.5) is 0 Å². The van der Waals surface area contributed by atoms with E-state index in [4.69, 9.17) is 0 Å². The van der Waals surface area contributed by atoms with Crippen molar-refractivity contribution in [3.8, 4) is 5.75 Å². The molecule has 1 N–H and O–H groups in total. The van der Waals surface area contributed by atoms with E-state index >= 15 is 0 Å². The van der Waals surface area contributed by atoms with E-state index in [-0.39, 0.29) is 5.41 Å². The van der Waals surface area contributed by atoms with E-state index in [1.165, 1.54) is 11.1 Å². The number of aromatic hydroxyl groups is 1. The molecule has 0 fully saturated rings. The third kappa shape index (κ3) is 2.56.